The lowest BCUT2D eigenvalue weighted by atomic mass is 9.90. The van der Waals surface area contributed by atoms with Crippen molar-refractivity contribution in [1.29, 1.82) is 0 Å². The smallest absolute Gasteiger partial charge is 0.165 e. The van der Waals surface area contributed by atoms with E-state index in [0.29, 0.717) is 17.4 Å². The van der Waals surface area contributed by atoms with Crippen LogP contribution in [-0.4, -0.2) is 91.7 Å². The lowest BCUT2D eigenvalue weighted by Gasteiger charge is -2.38. The van der Waals surface area contributed by atoms with Gasteiger partial charge < -0.3 is 30.7 Å². The van der Waals surface area contributed by atoms with E-state index in [2.05, 4.69) is 27.2 Å². The van der Waals surface area contributed by atoms with Crippen molar-refractivity contribution < 1.29 is 14.2 Å². The molecule has 3 aliphatic rings. The second kappa shape index (κ2) is 10.8. The molecule has 3 saturated heterocycles. The molecule has 1 aromatic carbocycles. The number of hydrogen-bond acceptors (Lipinski definition) is 9. The Morgan fingerprint density at radius 2 is 1.90 bits per heavy atom. The Labute approximate surface area is 228 Å². The van der Waals surface area contributed by atoms with Crippen molar-refractivity contribution in [2.45, 2.75) is 25.6 Å². The van der Waals surface area contributed by atoms with Crippen molar-refractivity contribution in [3.63, 3.8) is 0 Å². The van der Waals surface area contributed by atoms with Crippen LogP contribution in [0.4, 0.5) is 15.9 Å². The number of methoxy groups -OCH3 is 1. The number of anilines is 2. The maximum absolute atomic E-state index is 14.8. The zero-order valence-electron chi connectivity index (χ0n) is 22.7. The van der Waals surface area contributed by atoms with Gasteiger partial charge in [0.05, 0.1) is 18.3 Å². The summed E-state index contributed by atoms with van der Waals surface area (Å²) in [6.07, 6.45) is 2.41. The molecule has 4 unspecified atom stereocenters. The quantitative estimate of drug-likeness (QED) is 0.439. The van der Waals surface area contributed by atoms with Crippen LogP contribution in [0.1, 0.15) is 13.3 Å². The molecule has 3 aromatic rings. The Morgan fingerprint density at radius 1 is 1.10 bits per heavy atom. The fourth-order valence-corrected chi connectivity index (χ4v) is 6.32. The van der Waals surface area contributed by atoms with Crippen LogP contribution in [0, 0.1) is 17.7 Å². The lowest BCUT2D eigenvalue weighted by molar-refractivity contribution is -0.0140. The van der Waals surface area contributed by atoms with E-state index in [1.54, 1.807) is 12.1 Å². The first-order chi connectivity index (χ1) is 18.9. The van der Waals surface area contributed by atoms with E-state index in [1.807, 2.05) is 24.1 Å². The second-order valence-corrected chi connectivity index (χ2v) is 11.1. The highest BCUT2D eigenvalue weighted by Gasteiger charge is 2.35. The van der Waals surface area contributed by atoms with Gasteiger partial charge in [0.15, 0.2) is 11.6 Å². The molecule has 4 N–H and O–H groups in total. The fourth-order valence-electron chi connectivity index (χ4n) is 6.32. The Morgan fingerprint density at radius 3 is 2.59 bits per heavy atom. The van der Waals surface area contributed by atoms with Crippen LogP contribution in [0.25, 0.3) is 22.2 Å². The molecule has 5 heterocycles. The van der Waals surface area contributed by atoms with E-state index in [-0.39, 0.29) is 17.6 Å². The van der Waals surface area contributed by atoms with E-state index < -0.39 is 6.23 Å². The summed E-state index contributed by atoms with van der Waals surface area (Å²) >= 11 is 0. The van der Waals surface area contributed by atoms with Gasteiger partial charge in [-0.3, -0.25) is 4.90 Å². The molecule has 0 aliphatic carbocycles. The van der Waals surface area contributed by atoms with Crippen LogP contribution in [-0.2, 0) is 0 Å². The van der Waals surface area contributed by atoms with E-state index in [9.17, 15) is 9.50 Å². The molecule has 0 bridgehead atoms. The summed E-state index contributed by atoms with van der Waals surface area (Å²) < 4.78 is 20.1. The normalized spacial score (nSPS) is 23.6. The number of nitrogens with two attached hydrogens (primary N) is 1. The Kier molecular flexibility index (Phi) is 7.28. The number of piperidine rings is 1. The van der Waals surface area contributed by atoms with E-state index >= 15 is 0 Å². The number of aliphatic hydroxyl groups is 1. The van der Waals surface area contributed by atoms with Gasteiger partial charge in [0, 0.05) is 74.2 Å². The number of aliphatic hydroxyl groups excluding tert-OH is 1. The summed E-state index contributed by atoms with van der Waals surface area (Å²) in [6.45, 7) is 8.83. The van der Waals surface area contributed by atoms with Crippen LogP contribution >= 0.6 is 0 Å². The third kappa shape index (κ3) is 5.14. The molecule has 39 heavy (non-hydrogen) atoms. The lowest BCUT2D eigenvalue weighted by Crippen LogP contribution is -2.55. The first-order valence-electron chi connectivity index (χ1n) is 13.9. The highest BCUT2D eigenvalue weighted by atomic mass is 19.1. The number of fused-ring (bicyclic) bond motifs is 2. The minimum Gasteiger partial charge on any atom is -0.494 e. The summed E-state index contributed by atoms with van der Waals surface area (Å²) in [6, 6.07) is 9.14. The number of halogens is 1. The summed E-state index contributed by atoms with van der Waals surface area (Å²) in [5, 5.41) is 14.6. The number of nitrogens with one attached hydrogen (secondary N) is 1. The average molecular weight is 536 g/mol. The minimum absolute atomic E-state index is 0.194. The Balaban J connectivity index is 1.29. The number of hydrogen-bond donors (Lipinski definition) is 3. The molecular weight excluding hydrogens is 497 g/mol. The standard InChI is InChI=1S/C29H38FN7O2/c1-18(31)29(38)36-9-7-35(8-10-36)28-4-3-19(15-33-28)24-12-26(37-16-20-5-6-32-14-21(20)17-37)22-11-23(30)27(39-2)13-25(22)34-24/h3-4,11-13,15,18,20-21,29,32,38H,5-10,14,16-17,31H2,1-2H3. The average Bonchev–Trinajstić information content (AvgIpc) is 3.40. The van der Waals surface area contributed by atoms with Gasteiger partial charge in [-0.25, -0.2) is 14.4 Å². The highest BCUT2D eigenvalue weighted by molar-refractivity contribution is 5.95. The van der Waals surface area contributed by atoms with Crippen molar-refractivity contribution in [2.24, 2.45) is 17.6 Å². The van der Waals surface area contributed by atoms with Gasteiger partial charge in [-0.2, -0.15) is 0 Å². The van der Waals surface area contributed by atoms with Gasteiger partial charge in [-0.15, -0.1) is 0 Å². The molecule has 4 atom stereocenters. The first-order valence-corrected chi connectivity index (χ1v) is 13.9. The van der Waals surface area contributed by atoms with E-state index in [0.717, 1.165) is 80.5 Å². The molecule has 3 aliphatic heterocycles. The van der Waals surface area contributed by atoms with Crippen molar-refractivity contribution in [3.05, 3.63) is 42.3 Å². The zero-order chi connectivity index (χ0) is 27.1. The van der Waals surface area contributed by atoms with E-state index in [4.69, 9.17) is 20.4 Å². The van der Waals surface area contributed by atoms with Crippen LogP contribution in [0.15, 0.2) is 36.5 Å². The summed E-state index contributed by atoms with van der Waals surface area (Å²) in [7, 11) is 1.48. The molecule has 0 spiro atoms. The SMILES string of the molecule is COc1cc2nc(-c3ccc(N4CCN(C(O)C(C)N)CC4)nc3)cc(N3CC4CCNCC4C3)c2cc1F. The van der Waals surface area contributed by atoms with Crippen molar-refractivity contribution >= 4 is 22.4 Å². The van der Waals surface area contributed by atoms with Gasteiger partial charge in [-0.1, -0.05) is 0 Å². The number of pyridine rings is 2. The fraction of sp³-hybridized carbons (Fsp3) is 0.517. The number of rotatable bonds is 6. The zero-order valence-corrected chi connectivity index (χ0v) is 22.7. The van der Waals surface area contributed by atoms with Crippen LogP contribution < -0.4 is 25.6 Å². The Bertz CT molecular complexity index is 1300. The molecule has 3 fully saturated rings. The monoisotopic (exact) mass is 535 g/mol. The number of piperazine rings is 1. The van der Waals surface area contributed by atoms with Crippen molar-refractivity contribution in [1.82, 2.24) is 20.2 Å². The molecule has 0 amide bonds. The first kappa shape index (κ1) is 26.2. The minimum atomic E-state index is -0.626. The number of benzene rings is 1. The Hall–Kier alpha value is -3.05. The molecule has 0 radical (unpaired) electrons. The predicted octanol–water partition coefficient (Wildman–Crippen LogP) is 2.28. The largest absolute Gasteiger partial charge is 0.494 e. The number of nitrogens with zero attached hydrogens (tertiary/aromatic N) is 5. The van der Waals surface area contributed by atoms with Crippen LogP contribution in [0.5, 0.6) is 5.75 Å². The van der Waals surface area contributed by atoms with Gasteiger partial charge in [-0.05, 0) is 62.5 Å². The van der Waals surface area contributed by atoms with Gasteiger partial charge in [0.25, 0.3) is 0 Å². The number of ether oxygens (including phenoxy) is 1. The third-order valence-corrected chi connectivity index (χ3v) is 8.60. The van der Waals surface area contributed by atoms with Gasteiger partial charge in [0.2, 0.25) is 0 Å². The second-order valence-electron chi connectivity index (χ2n) is 11.1. The van der Waals surface area contributed by atoms with Crippen molar-refractivity contribution in [3.8, 4) is 17.0 Å². The van der Waals surface area contributed by atoms with Crippen LogP contribution in [0.2, 0.25) is 0 Å². The maximum atomic E-state index is 14.8. The summed E-state index contributed by atoms with van der Waals surface area (Å²) in [5.41, 5.74) is 9.31. The molecule has 208 valence electrons. The van der Waals surface area contributed by atoms with Gasteiger partial charge in [0.1, 0.15) is 12.0 Å². The number of aromatic nitrogens is 2. The van der Waals surface area contributed by atoms with Gasteiger partial charge >= 0.3 is 0 Å². The predicted molar refractivity (Wildman–Crippen MR) is 152 cm³/mol. The molecule has 6 rings (SSSR count). The van der Waals surface area contributed by atoms with Crippen LogP contribution in [0.3, 0.4) is 0 Å². The summed E-state index contributed by atoms with van der Waals surface area (Å²) in [5.74, 6) is 1.97. The molecular formula is C29H38FN7O2. The van der Waals surface area contributed by atoms with E-state index in [1.165, 1.54) is 13.5 Å². The van der Waals surface area contributed by atoms with Crippen molar-refractivity contribution in [2.75, 3.05) is 69.3 Å². The maximum Gasteiger partial charge on any atom is 0.165 e. The molecule has 0 saturated carbocycles. The highest BCUT2D eigenvalue weighted by Crippen LogP contribution is 2.39. The molecule has 10 heteroatoms. The molecule has 2 aromatic heterocycles. The summed E-state index contributed by atoms with van der Waals surface area (Å²) in [4.78, 5) is 16.3. The molecule has 9 nitrogen and oxygen atoms in total. The topological polar surface area (TPSA) is 103 Å². The third-order valence-electron chi connectivity index (χ3n) is 8.60.